The standard InChI is InChI=1S/C18H14O7/c19-10-5-13(20)15-14(6-10)25-18(17(22)16(15)21)9-1-3-11(4-2-9)24-12-7-23-8-12/h1-6,12,19-20,22H,7-8H2. The van der Waals surface area contributed by atoms with Gasteiger partial charge >= 0.3 is 0 Å². The van der Waals surface area contributed by atoms with Crippen LogP contribution in [0.5, 0.6) is 23.0 Å². The molecule has 0 aliphatic carbocycles. The molecule has 2 aromatic carbocycles. The summed E-state index contributed by atoms with van der Waals surface area (Å²) in [5, 5.41) is 29.4. The van der Waals surface area contributed by atoms with Crippen LogP contribution in [0.2, 0.25) is 0 Å². The summed E-state index contributed by atoms with van der Waals surface area (Å²) in [6.07, 6.45) is 0.0313. The van der Waals surface area contributed by atoms with Crippen molar-refractivity contribution < 1.29 is 29.2 Å². The fourth-order valence-corrected chi connectivity index (χ4v) is 2.63. The molecule has 0 spiro atoms. The Bertz CT molecular complexity index is 1000. The summed E-state index contributed by atoms with van der Waals surface area (Å²) >= 11 is 0. The lowest BCUT2D eigenvalue weighted by molar-refractivity contribution is -0.0796. The van der Waals surface area contributed by atoms with Gasteiger partial charge in [0.25, 0.3) is 0 Å². The Hall–Kier alpha value is -3.19. The highest BCUT2D eigenvalue weighted by molar-refractivity contribution is 5.88. The monoisotopic (exact) mass is 342 g/mol. The van der Waals surface area contributed by atoms with Gasteiger partial charge in [-0.25, -0.2) is 0 Å². The van der Waals surface area contributed by atoms with Crippen LogP contribution in [0, 0.1) is 0 Å². The fourth-order valence-electron chi connectivity index (χ4n) is 2.63. The second-order valence-electron chi connectivity index (χ2n) is 5.75. The minimum atomic E-state index is -0.777. The van der Waals surface area contributed by atoms with E-state index in [2.05, 4.69) is 0 Å². The van der Waals surface area contributed by atoms with Gasteiger partial charge in [-0.3, -0.25) is 4.79 Å². The van der Waals surface area contributed by atoms with Gasteiger partial charge in [-0.2, -0.15) is 0 Å². The van der Waals surface area contributed by atoms with Gasteiger partial charge in [0.2, 0.25) is 11.2 Å². The molecule has 128 valence electrons. The van der Waals surface area contributed by atoms with Gasteiger partial charge in [0.15, 0.2) is 5.76 Å². The van der Waals surface area contributed by atoms with Crippen LogP contribution in [0.25, 0.3) is 22.3 Å². The van der Waals surface area contributed by atoms with E-state index in [-0.39, 0.29) is 28.6 Å². The molecule has 0 unspecified atom stereocenters. The van der Waals surface area contributed by atoms with Gasteiger partial charge in [0, 0.05) is 17.7 Å². The number of fused-ring (bicyclic) bond motifs is 1. The Labute approximate surface area is 141 Å². The highest BCUT2D eigenvalue weighted by Crippen LogP contribution is 2.35. The quantitative estimate of drug-likeness (QED) is 0.670. The van der Waals surface area contributed by atoms with Crippen molar-refractivity contribution in [3.8, 4) is 34.3 Å². The van der Waals surface area contributed by atoms with Crippen LogP contribution < -0.4 is 10.2 Å². The number of ether oxygens (including phenoxy) is 2. The van der Waals surface area contributed by atoms with Crippen molar-refractivity contribution in [1.82, 2.24) is 0 Å². The Morgan fingerprint density at radius 1 is 1.04 bits per heavy atom. The van der Waals surface area contributed by atoms with E-state index in [1.54, 1.807) is 24.3 Å². The third-order valence-corrected chi connectivity index (χ3v) is 3.96. The zero-order valence-electron chi connectivity index (χ0n) is 12.9. The molecule has 0 bridgehead atoms. The number of phenols is 2. The minimum absolute atomic E-state index is 0.0257. The molecule has 7 heteroatoms. The van der Waals surface area contributed by atoms with Gasteiger partial charge in [-0.1, -0.05) is 0 Å². The molecule has 1 saturated heterocycles. The van der Waals surface area contributed by atoms with Crippen molar-refractivity contribution in [1.29, 1.82) is 0 Å². The van der Waals surface area contributed by atoms with E-state index in [1.807, 2.05) is 0 Å². The van der Waals surface area contributed by atoms with Crippen LogP contribution in [0.15, 0.2) is 45.6 Å². The molecule has 1 aromatic heterocycles. The van der Waals surface area contributed by atoms with Crippen molar-refractivity contribution in [2.24, 2.45) is 0 Å². The van der Waals surface area contributed by atoms with Crippen molar-refractivity contribution >= 4 is 11.0 Å². The number of phenolic OH excluding ortho intramolecular Hbond substituents is 2. The number of hydrogen-bond acceptors (Lipinski definition) is 7. The highest BCUT2D eigenvalue weighted by atomic mass is 16.6. The van der Waals surface area contributed by atoms with Crippen LogP contribution in [0.4, 0.5) is 0 Å². The molecule has 3 N–H and O–H groups in total. The Kier molecular flexibility index (Phi) is 3.51. The van der Waals surface area contributed by atoms with Crippen molar-refractivity contribution in [3.05, 3.63) is 46.6 Å². The lowest BCUT2D eigenvalue weighted by atomic mass is 10.1. The summed E-state index contributed by atoms with van der Waals surface area (Å²) in [6.45, 7) is 1.10. The van der Waals surface area contributed by atoms with Crippen molar-refractivity contribution in [2.45, 2.75) is 6.10 Å². The number of aromatic hydroxyl groups is 3. The second-order valence-corrected chi connectivity index (χ2v) is 5.75. The van der Waals surface area contributed by atoms with Crippen molar-refractivity contribution in [2.75, 3.05) is 13.2 Å². The van der Waals surface area contributed by atoms with Crippen LogP contribution >= 0.6 is 0 Å². The van der Waals surface area contributed by atoms with E-state index in [9.17, 15) is 20.1 Å². The summed E-state index contributed by atoms with van der Waals surface area (Å²) in [6, 6.07) is 8.87. The lowest BCUT2D eigenvalue weighted by Crippen LogP contribution is -2.38. The predicted octanol–water partition coefficient (Wildman–Crippen LogP) is 2.35. The zero-order chi connectivity index (χ0) is 17.6. The zero-order valence-corrected chi connectivity index (χ0v) is 12.9. The van der Waals surface area contributed by atoms with Crippen LogP contribution in [-0.4, -0.2) is 34.6 Å². The number of rotatable bonds is 3. The third kappa shape index (κ3) is 2.64. The maximum absolute atomic E-state index is 12.3. The SMILES string of the molecule is O=c1c(O)c(-c2ccc(OC3COC3)cc2)oc2cc(O)cc(O)c12. The predicted molar refractivity (Wildman–Crippen MR) is 88.1 cm³/mol. The maximum Gasteiger partial charge on any atom is 0.238 e. The van der Waals surface area contributed by atoms with Gasteiger partial charge < -0.3 is 29.2 Å². The van der Waals surface area contributed by atoms with Crippen LogP contribution in [0.1, 0.15) is 0 Å². The Balaban J connectivity index is 1.78. The van der Waals surface area contributed by atoms with Gasteiger partial charge in [-0.05, 0) is 24.3 Å². The molecular weight excluding hydrogens is 328 g/mol. The summed E-state index contributed by atoms with van der Waals surface area (Å²) in [7, 11) is 0. The van der Waals surface area contributed by atoms with Gasteiger partial charge in [-0.15, -0.1) is 0 Å². The highest BCUT2D eigenvalue weighted by Gasteiger charge is 2.21. The molecule has 7 nitrogen and oxygen atoms in total. The first kappa shape index (κ1) is 15.3. The van der Waals surface area contributed by atoms with Crippen LogP contribution in [0.3, 0.4) is 0 Å². The summed E-state index contributed by atoms with van der Waals surface area (Å²) in [5.74, 6) is -0.751. The van der Waals surface area contributed by atoms with E-state index in [1.165, 1.54) is 6.07 Å². The van der Waals surface area contributed by atoms with E-state index in [0.29, 0.717) is 24.5 Å². The largest absolute Gasteiger partial charge is 0.508 e. The average Bonchev–Trinajstić information content (AvgIpc) is 2.54. The first-order chi connectivity index (χ1) is 12.0. The van der Waals surface area contributed by atoms with Crippen LogP contribution in [-0.2, 0) is 4.74 Å². The smallest absolute Gasteiger partial charge is 0.238 e. The molecular formula is C18H14O7. The normalized spacial score (nSPS) is 14.4. The maximum atomic E-state index is 12.3. The molecule has 2 heterocycles. The number of benzene rings is 2. The Morgan fingerprint density at radius 3 is 2.40 bits per heavy atom. The molecule has 1 aliphatic rings. The molecule has 0 amide bonds. The van der Waals surface area contributed by atoms with E-state index < -0.39 is 16.9 Å². The first-order valence-electron chi connectivity index (χ1n) is 7.59. The lowest BCUT2D eigenvalue weighted by Gasteiger charge is -2.26. The first-order valence-corrected chi connectivity index (χ1v) is 7.59. The molecule has 0 atom stereocenters. The molecule has 1 fully saturated rings. The number of hydrogen-bond donors (Lipinski definition) is 3. The molecule has 25 heavy (non-hydrogen) atoms. The summed E-state index contributed by atoms with van der Waals surface area (Å²) < 4.78 is 16.2. The molecule has 4 rings (SSSR count). The molecule has 0 saturated carbocycles. The minimum Gasteiger partial charge on any atom is -0.508 e. The summed E-state index contributed by atoms with van der Waals surface area (Å²) in [5.41, 5.74) is -0.348. The molecule has 3 aromatic rings. The van der Waals surface area contributed by atoms with Crippen molar-refractivity contribution in [3.63, 3.8) is 0 Å². The third-order valence-electron chi connectivity index (χ3n) is 3.96. The fraction of sp³-hybridized carbons (Fsp3) is 0.167. The Morgan fingerprint density at radius 2 is 1.76 bits per heavy atom. The van der Waals surface area contributed by atoms with E-state index in [0.717, 1.165) is 6.07 Å². The summed E-state index contributed by atoms with van der Waals surface area (Å²) in [4.78, 5) is 12.3. The molecule has 0 radical (unpaired) electrons. The topological polar surface area (TPSA) is 109 Å². The second kappa shape index (κ2) is 5.71. The van der Waals surface area contributed by atoms with E-state index >= 15 is 0 Å². The van der Waals surface area contributed by atoms with Gasteiger partial charge in [0.05, 0.1) is 13.2 Å². The average molecular weight is 342 g/mol. The van der Waals surface area contributed by atoms with Gasteiger partial charge in [0.1, 0.15) is 34.3 Å². The molecule has 1 aliphatic heterocycles. The van der Waals surface area contributed by atoms with E-state index in [4.69, 9.17) is 13.9 Å².